The summed E-state index contributed by atoms with van der Waals surface area (Å²) in [6.45, 7) is 0. The van der Waals surface area contributed by atoms with Crippen LogP contribution in [0, 0.1) is 0 Å². The lowest BCUT2D eigenvalue weighted by atomic mass is 9.93. The van der Waals surface area contributed by atoms with Crippen LogP contribution in [0.5, 0.6) is 0 Å². The third-order valence-electron chi connectivity index (χ3n) is 5.27. The second-order valence-electron chi connectivity index (χ2n) is 7.02. The topological polar surface area (TPSA) is 0 Å². The van der Waals surface area contributed by atoms with Gasteiger partial charge in [-0.15, -0.1) is 0 Å². The lowest BCUT2D eigenvalue weighted by Crippen LogP contribution is -1.91. The van der Waals surface area contributed by atoms with Gasteiger partial charge in [-0.2, -0.15) is 0 Å². The van der Waals surface area contributed by atoms with Crippen LogP contribution in [-0.2, 0) is 6.42 Å². The van der Waals surface area contributed by atoms with Crippen LogP contribution in [-0.4, -0.2) is 0 Å². The summed E-state index contributed by atoms with van der Waals surface area (Å²) in [4.78, 5) is 0. The smallest absolute Gasteiger partial charge is 0.00763 e. The van der Waals surface area contributed by atoms with Crippen molar-refractivity contribution in [3.8, 4) is 0 Å². The summed E-state index contributed by atoms with van der Waals surface area (Å²) < 4.78 is 0. The van der Waals surface area contributed by atoms with Crippen LogP contribution in [0.25, 0.3) is 38.4 Å². The van der Waals surface area contributed by atoms with Crippen LogP contribution in [0.1, 0.15) is 11.1 Å². The average Bonchev–Trinajstić information content (AvgIpc) is 2.73. The van der Waals surface area contributed by atoms with E-state index < -0.39 is 0 Å². The van der Waals surface area contributed by atoms with Crippen LogP contribution in [0.4, 0.5) is 0 Å². The van der Waals surface area contributed by atoms with Crippen molar-refractivity contribution in [2.24, 2.45) is 0 Å². The Labute approximate surface area is 159 Å². The third-order valence-corrected chi connectivity index (χ3v) is 5.27. The highest BCUT2D eigenvalue weighted by Gasteiger charge is 2.06. The molecule has 1 aliphatic rings. The quantitative estimate of drug-likeness (QED) is 0.257. The van der Waals surface area contributed by atoms with Crippen LogP contribution < -0.4 is 0 Å². The van der Waals surface area contributed by atoms with Crippen molar-refractivity contribution in [1.29, 1.82) is 0 Å². The van der Waals surface area contributed by atoms with E-state index in [0.717, 1.165) is 6.42 Å². The summed E-state index contributed by atoms with van der Waals surface area (Å²) in [6.07, 6.45) is 5.53. The first-order valence-corrected chi connectivity index (χ1v) is 9.43. The van der Waals surface area contributed by atoms with Gasteiger partial charge in [0.1, 0.15) is 0 Å². The molecule has 128 valence electrons. The Morgan fingerprint density at radius 3 is 1.59 bits per heavy atom. The second kappa shape index (κ2) is 6.74. The molecule has 0 unspecified atom stereocenters. The number of rotatable bonds is 0. The van der Waals surface area contributed by atoms with Gasteiger partial charge in [0, 0.05) is 0 Å². The van der Waals surface area contributed by atoms with E-state index in [1.165, 1.54) is 43.4 Å². The van der Waals surface area contributed by atoms with Gasteiger partial charge < -0.3 is 0 Å². The van der Waals surface area contributed by atoms with Crippen molar-refractivity contribution in [3.05, 3.63) is 114 Å². The summed E-state index contributed by atoms with van der Waals surface area (Å²) in [5.41, 5.74) is 2.81. The summed E-state index contributed by atoms with van der Waals surface area (Å²) in [7, 11) is 0. The van der Waals surface area contributed by atoms with Crippen LogP contribution in [0.15, 0.2) is 103 Å². The maximum atomic E-state index is 2.24. The van der Waals surface area contributed by atoms with Gasteiger partial charge in [-0.25, -0.2) is 0 Å². The standard InChI is InChI=1S/C14H10.C13H10/c1-2-6-12-10-14-8-4-3-7-13(14)9-11(12)5-1;1-4-10-6-2-8-12-9-3-7-11(5-1)13(10)12/h1-10H;1-8H,9H2. The van der Waals surface area contributed by atoms with E-state index in [2.05, 4.69) is 109 Å². The van der Waals surface area contributed by atoms with E-state index in [-0.39, 0.29) is 0 Å². The Morgan fingerprint density at radius 1 is 0.481 bits per heavy atom. The molecule has 0 heterocycles. The molecule has 0 saturated carbocycles. The van der Waals surface area contributed by atoms with E-state index in [9.17, 15) is 0 Å². The zero-order valence-electron chi connectivity index (χ0n) is 15.1. The Kier molecular flexibility index (Phi) is 3.95. The van der Waals surface area contributed by atoms with E-state index in [0.29, 0.717) is 0 Å². The molecule has 0 aliphatic heterocycles. The molecule has 0 aromatic heterocycles. The number of fused-ring (bicyclic) bond motifs is 2. The summed E-state index contributed by atoms with van der Waals surface area (Å²) >= 11 is 0. The molecule has 5 aromatic rings. The molecule has 27 heavy (non-hydrogen) atoms. The molecule has 5 aromatic carbocycles. The van der Waals surface area contributed by atoms with Gasteiger partial charge in [0.2, 0.25) is 0 Å². The van der Waals surface area contributed by atoms with Gasteiger partial charge in [-0.3, -0.25) is 0 Å². The fourth-order valence-corrected chi connectivity index (χ4v) is 3.95. The monoisotopic (exact) mass is 344 g/mol. The molecule has 0 bridgehead atoms. The van der Waals surface area contributed by atoms with Gasteiger partial charge in [-0.05, 0) is 62.0 Å². The molecular weight excluding hydrogens is 324 g/mol. The van der Waals surface area contributed by atoms with Crippen LogP contribution in [0.3, 0.4) is 0 Å². The van der Waals surface area contributed by atoms with Crippen molar-refractivity contribution in [3.63, 3.8) is 0 Å². The van der Waals surface area contributed by atoms with Gasteiger partial charge in [-0.1, -0.05) is 97.1 Å². The van der Waals surface area contributed by atoms with E-state index >= 15 is 0 Å². The van der Waals surface area contributed by atoms with Gasteiger partial charge in [0.15, 0.2) is 0 Å². The minimum Gasteiger partial charge on any atom is -0.0795 e. The number of hydrogen-bond donors (Lipinski definition) is 0. The van der Waals surface area contributed by atoms with Gasteiger partial charge in [0.05, 0.1) is 0 Å². The third kappa shape index (κ3) is 3.00. The summed E-state index contributed by atoms with van der Waals surface area (Å²) in [5.74, 6) is 0. The highest BCUT2D eigenvalue weighted by Crippen LogP contribution is 2.27. The highest BCUT2D eigenvalue weighted by atomic mass is 14.1. The van der Waals surface area contributed by atoms with Gasteiger partial charge in [0.25, 0.3) is 0 Å². The first-order chi connectivity index (χ1) is 13.4. The zero-order valence-corrected chi connectivity index (χ0v) is 15.1. The largest absolute Gasteiger partial charge is 0.0795 e. The predicted octanol–water partition coefficient (Wildman–Crippen LogP) is 7.40. The van der Waals surface area contributed by atoms with E-state index in [4.69, 9.17) is 0 Å². The molecule has 0 saturated heterocycles. The lowest BCUT2D eigenvalue weighted by molar-refractivity contribution is 1.29. The maximum absolute atomic E-state index is 2.24. The molecule has 0 fully saturated rings. The molecular formula is C27H20. The molecule has 0 atom stereocenters. The van der Waals surface area contributed by atoms with Crippen molar-refractivity contribution in [2.75, 3.05) is 0 Å². The van der Waals surface area contributed by atoms with Crippen molar-refractivity contribution in [1.82, 2.24) is 0 Å². The zero-order chi connectivity index (χ0) is 18.1. The minimum absolute atomic E-state index is 1.08. The van der Waals surface area contributed by atoms with E-state index in [1.807, 2.05) is 0 Å². The van der Waals surface area contributed by atoms with Gasteiger partial charge >= 0.3 is 0 Å². The molecule has 0 spiro atoms. The molecule has 0 heteroatoms. The average molecular weight is 344 g/mol. The minimum atomic E-state index is 1.08. The van der Waals surface area contributed by atoms with E-state index in [1.54, 1.807) is 0 Å². The fraction of sp³-hybridized carbons (Fsp3) is 0.0370. The SMILES string of the molecule is C1=Cc2cccc3cccc(c23)C1.c1ccc2cc3ccccc3cc2c1. The fourth-order valence-electron chi connectivity index (χ4n) is 3.95. The predicted molar refractivity (Wildman–Crippen MR) is 118 cm³/mol. The Hall–Kier alpha value is -3.38. The van der Waals surface area contributed by atoms with Crippen molar-refractivity contribution >= 4 is 38.4 Å². The molecule has 0 radical (unpaired) electrons. The summed E-state index contributed by atoms with van der Waals surface area (Å²) in [6, 6.07) is 34.4. The molecule has 0 nitrogen and oxygen atoms in total. The number of benzene rings is 5. The number of hydrogen-bond acceptors (Lipinski definition) is 0. The Balaban J connectivity index is 0.000000119. The Bertz CT molecular complexity index is 1180. The van der Waals surface area contributed by atoms with Crippen molar-refractivity contribution in [2.45, 2.75) is 6.42 Å². The number of allylic oxidation sites excluding steroid dienone is 1. The van der Waals surface area contributed by atoms with Crippen LogP contribution in [0.2, 0.25) is 0 Å². The first-order valence-electron chi connectivity index (χ1n) is 9.43. The second-order valence-corrected chi connectivity index (χ2v) is 7.02. The highest BCUT2D eigenvalue weighted by molar-refractivity contribution is 5.98. The maximum Gasteiger partial charge on any atom is -0.00763 e. The molecule has 6 rings (SSSR count). The summed E-state index contributed by atoms with van der Waals surface area (Å²) in [5, 5.41) is 8.04. The Morgan fingerprint density at radius 2 is 1.00 bits per heavy atom. The molecule has 1 aliphatic carbocycles. The first kappa shape index (κ1) is 15.8. The normalized spacial score (nSPS) is 12.1. The van der Waals surface area contributed by atoms with Crippen molar-refractivity contribution < 1.29 is 0 Å². The van der Waals surface area contributed by atoms with Crippen LogP contribution >= 0.6 is 0 Å². The molecule has 0 N–H and O–H groups in total. The lowest BCUT2D eigenvalue weighted by Gasteiger charge is -2.11. The molecule has 0 amide bonds.